The Labute approximate surface area is 177 Å². The van der Waals surface area contributed by atoms with Crippen LogP contribution in [0.2, 0.25) is 10.0 Å². The lowest BCUT2D eigenvalue weighted by Crippen LogP contribution is -2.02. The molecule has 0 aliphatic rings. The van der Waals surface area contributed by atoms with Crippen LogP contribution in [0.3, 0.4) is 0 Å². The summed E-state index contributed by atoms with van der Waals surface area (Å²) in [7, 11) is 1.60. The quantitative estimate of drug-likeness (QED) is 0.408. The Morgan fingerprint density at radius 1 is 0.926 bits per heavy atom. The van der Waals surface area contributed by atoms with Gasteiger partial charge in [-0.1, -0.05) is 51.3 Å². The maximum atomic E-state index is 6.45. The van der Waals surface area contributed by atoms with Gasteiger partial charge in [0.25, 0.3) is 0 Å². The molecule has 1 N–H and O–H groups in total. The van der Waals surface area contributed by atoms with E-state index in [0.717, 1.165) is 21.3 Å². The monoisotopic (exact) mass is 465 g/mol. The highest BCUT2D eigenvalue weighted by Gasteiger charge is 2.12. The van der Waals surface area contributed by atoms with Crippen molar-refractivity contribution in [2.75, 3.05) is 12.4 Å². The molecule has 0 amide bonds. The zero-order chi connectivity index (χ0) is 19.2. The van der Waals surface area contributed by atoms with Crippen LogP contribution in [0.5, 0.6) is 11.5 Å². The molecule has 0 heterocycles. The van der Waals surface area contributed by atoms with Crippen LogP contribution in [0, 0.1) is 0 Å². The van der Waals surface area contributed by atoms with Crippen molar-refractivity contribution in [3.63, 3.8) is 0 Å². The Bertz CT molecular complexity index is 899. The minimum absolute atomic E-state index is 0.379. The molecular weight excluding hydrogens is 449 g/mol. The van der Waals surface area contributed by atoms with Crippen LogP contribution in [0.1, 0.15) is 11.1 Å². The topological polar surface area (TPSA) is 30.5 Å². The fourth-order valence-electron chi connectivity index (χ4n) is 2.52. The first kappa shape index (κ1) is 19.9. The Kier molecular flexibility index (Phi) is 6.89. The zero-order valence-corrected chi connectivity index (χ0v) is 17.7. The fourth-order valence-corrected chi connectivity index (χ4v) is 3.20. The smallest absolute Gasteiger partial charge is 0.180 e. The highest BCUT2D eigenvalue weighted by Crippen LogP contribution is 2.37. The second-order valence-corrected chi connectivity index (χ2v) is 7.64. The van der Waals surface area contributed by atoms with E-state index in [1.165, 1.54) is 0 Å². The lowest BCUT2D eigenvalue weighted by atomic mass is 10.2. The van der Waals surface area contributed by atoms with Crippen LogP contribution in [-0.2, 0) is 13.2 Å². The van der Waals surface area contributed by atoms with E-state index in [1.807, 2.05) is 60.7 Å². The second-order valence-electron chi connectivity index (χ2n) is 5.88. The maximum absolute atomic E-state index is 6.45. The van der Waals surface area contributed by atoms with E-state index < -0.39 is 0 Å². The summed E-state index contributed by atoms with van der Waals surface area (Å²) in [4.78, 5) is 0. The third-order valence-corrected chi connectivity index (χ3v) is 4.99. The van der Waals surface area contributed by atoms with Crippen molar-refractivity contribution in [3.8, 4) is 11.5 Å². The molecule has 0 unspecified atom stereocenters. The first-order valence-corrected chi connectivity index (χ1v) is 9.83. The third kappa shape index (κ3) is 5.55. The third-order valence-electron chi connectivity index (χ3n) is 3.93. The molecule has 0 aromatic heterocycles. The number of methoxy groups -OCH3 is 1. The van der Waals surface area contributed by atoms with E-state index in [0.29, 0.717) is 34.7 Å². The molecule has 3 nitrogen and oxygen atoms in total. The second kappa shape index (κ2) is 9.36. The van der Waals surface area contributed by atoms with E-state index in [-0.39, 0.29) is 0 Å². The predicted octanol–water partition coefficient (Wildman–Crippen LogP) is 6.96. The van der Waals surface area contributed by atoms with Crippen molar-refractivity contribution < 1.29 is 9.47 Å². The predicted molar refractivity (Wildman–Crippen MR) is 115 cm³/mol. The summed E-state index contributed by atoms with van der Waals surface area (Å²) in [6, 6.07) is 19.3. The number of rotatable bonds is 7. The standard InChI is InChI=1S/C21H18BrCl2NO2/c1-26-20-11-15(12-25-18-8-4-16(22)5-9-18)10-19(24)21(20)27-13-14-2-6-17(23)7-3-14/h2-11,25H,12-13H2,1H3. The average Bonchev–Trinajstić information content (AvgIpc) is 2.67. The van der Waals surface area contributed by atoms with Gasteiger partial charge in [-0.15, -0.1) is 0 Å². The minimum Gasteiger partial charge on any atom is -0.493 e. The first-order chi connectivity index (χ1) is 13.0. The van der Waals surface area contributed by atoms with E-state index in [1.54, 1.807) is 7.11 Å². The SMILES string of the molecule is COc1cc(CNc2ccc(Br)cc2)cc(Cl)c1OCc1ccc(Cl)cc1. The molecule has 0 saturated carbocycles. The number of benzene rings is 3. The van der Waals surface area contributed by atoms with Crippen LogP contribution in [0.25, 0.3) is 0 Å². The average molecular weight is 467 g/mol. The lowest BCUT2D eigenvalue weighted by molar-refractivity contribution is 0.284. The van der Waals surface area contributed by atoms with Gasteiger partial charge in [-0.2, -0.15) is 0 Å². The van der Waals surface area contributed by atoms with E-state index >= 15 is 0 Å². The van der Waals surface area contributed by atoms with Gasteiger partial charge in [0.2, 0.25) is 0 Å². The number of anilines is 1. The van der Waals surface area contributed by atoms with Crippen LogP contribution < -0.4 is 14.8 Å². The van der Waals surface area contributed by atoms with Gasteiger partial charge in [0.1, 0.15) is 6.61 Å². The van der Waals surface area contributed by atoms with Crippen molar-refractivity contribution in [2.45, 2.75) is 13.2 Å². The van der Waals surface area contributed by atoms with Gasteiger partial charge in [-0.3, -0.25) is 0 Å². The summed E-state index contributed by atoms with van der Waals surface area (Å²) in [6.45, 7) is 0.999. The molecule has 27 heavy (non-hydrogen) atoms. The molecule has 0 saturated heterocycles. The van der Waals surface area contributed by atoms with Crippen LogP contribution in [0.4, 0.5) is 5.69 Å². The van der Waals surface area contributed by atoms with Crippen LogP contribution >= 0.6 is 39.1 Å². The summed E-state index contributed by atoms with van der Waals surface area (Å²) in [5.74, 6) is 1.13. The summed E-state index contributed by atoms with van der Waals surface area (Å²) in [5.41, 5.74) is 3.02. The van der Waals surface area contributed by atoms with E-state index in [4.69, 9.17) is 32.7 Å². The Balaban J connectivity index is 1.70. The molecule has 0 atom stereocenters. The number of hydrogen-bond acceptors (Lipinski definition) is 3. The maximum Gasteiger partial charge on any atom is 0.180 e. The van der Waals surface area contributed by atoms with Crippen LogP contribution in [0.15, 0.2) is 65.1 Å². The molecule has 140 valence electrons. The summed E-state index contributed by atoms with van der Waals surface area (Å²) in [5, 5.41) is 4.56. The molecule has 3 aromatic carbocycles. The number of halogens is 3. The summed E-state index contributed by atoms with van der Waals surface area (Å²) >= 11 is 15.8. The molecule has 0 spiro atoms. The Morgan fingerprint density at radius 3 is 2.30 bits per heavy atom. The number of nitrogens with one attached hydrogen (secondary N) is 1. The molecule has 0 bridgehead atoms. The van der Waals surface area contributed by atoms with Gasteiger partial charge in [0.15, 0.2) is 11.5 Å². The van der Waals surface area contributed by atoms with Gasteiger partial charge in [-0.05, 0) is 59.7 Å². The van der Waals surface area contributed by atoms with Crippen molar-refractivity contribution >= 4 is 44.8 Å². The van der Waals surface area contributed by atoms with Gasteiger partial charge < -0.3 is 14.8 Å². The molecule has 3 aromatic rings. The van der Waals surface area contributed by atoms with Gasteiger partial charge in [-0.25, -0.2) is 0 Å². The molecule has 0 aliphatic carbocycles. The molecule has 6 heteroatoms. The van der Waals surface area contributed by atoms with Crippen LogP contribution in [-0.4, -0.2) is 7.11 Å². The molecule has 0 fully saturated rings. The molecule has 3 rings (SSSR count). The summed E-state index contributed by atoms with van der Waals surface area (Å²) < 4.78 is 12.4. The van der Waals surface area contributed by atoms with Gasteiger partial charge in [0, 0.05) is 21.7 Å². The zero-order valence-electron chi connectivity index (χ0n) is 14.6. The molecular formula is C21H18BrCl2NO2. The number of ether oxygens (including phenoxy) is 2. The fraction of sp³-hybridized carbons (Fsp3) is 0.143. The van der Waals surface area contributed by atoms with Gasteiger partial charge in [0.05, 0.1) is 12.1 Å². The largest absolute Gasteiger partial charge is 0.493 e. The minimum atomic E-state index is 0.379. The van der Waals surface area contributed by atoms with Crippen molar-refractivity contribution in [1.29, 1.82) is 0 Å². The van der Waals surface area contributed by atoms with E-state index in [9.17, 15) is 0 Å². The highest BCUT2D eigenvalue weighted by atomic mass is 79.9. The Hall–Kier alpha value is -1.88. The lowest BCUT2D eigenvalue weighted by Gasteiger charge is -2.15. The van der Waals surface area contributed by atoms with Crippen molar-refractivity contribution in [1.82, 2.24) is 0 Å². The first-order valence-electron chi connectivity index (χ1n) is 8.28. The molecule has 0 aliphatic heterocycles. The highest BCUT2D eigenvalue weighted by molar-refractivity contribution is 9.10. The number of hydrogen-bond donors (Lipinski definition) is 1. The van der Waals surface area contributed by atoms with Gasteiger partial charge >= 0.3 is 0 Å². The molecule has 0 radical (unpaired) electrons. The Morgan fingerprint density at radius 2 is 1.63 bits per heavy atom. The summed E-state index contributed by atoms with van der Waals surface area (Å²) in [6.07, 6.45) is 0. The van der Waals surface area contributed by atoms with E-state index in [2.05, 4.69) is 21.2 Å². The van der Waals surface area contributed by atoms with Crippen molar-refractivity contribution in [3.05, 3.63) is 86.3 Å². The van der Waals surface area contributed by atoms with Crippen molar-refractivity contribution in [2.24, 2.45) is 0 Å². The normalized spacial score (nSPS) is 10.5.